The number of rotatable bonds is 4. The normalized spacial score (nSPS) is 18.3. The van der Waals surface area contributed by atoms with Crippen LogP contribution in [-0.4, -0.2) is 50.5 Å². The molecule has 154 valence electrons. The number of ether oxygens (including phenoxy) is 1. The number of methoxy groups -OCH3 is 1. The molecule has 1 N–H and O–H groups in total. The van der Waals surface area contributed by atoms with Crippen LogP contribution in [0.1, 0.15) is 17.8 Å². The van der Waals surface area contributed by atoms with E-state index in [1.165, 1.54) is 11.5 Å². The van der Waals surface area contributed by atoms with E-state index in [9.17, 15) is 0 Å². The van der Waals surface area contributed by atoms with Gasteiger partial charge in [0, 0.05) is 25.6 Å². The highest BCUT2D eigenvalue weighted by molar-refractivity contribution is 7.09. The van der Waals surface area contributed by atoms with Crippen LogP contribution in [0.4, 0.5) is 5.82 Å². The molecule has 0 amide bonds. The van der Waals surface area contributed by atoms with Crippen molar-refractivity contribution in [1.29, 1.82) is 0 Å². The van der Waals surface area contributed by atoms with Gasteiger partial charge in [-0.25, -0.2) is 4.98 Å². The molecule has 7 nitrogen and oxygen atoms in total. The molecule has 0 saturated carbocycles. The molecule has 2 aromatic heterocycles. The van der Waals surface area contributed by atoms with Crippen molar-refractivity contribution in [2.75, 3.05) is 25.1 Å². The first-order chi connectivity index (χ1) is 14.5. The highest BCUT2D eigenvalue weighted by Crippen LogP contribution is 2.30. The third kappa shape index (κ3) is 4.26. The van der Waals surface area contributed by atoms with Gasteiger partial charge in [0.05, 0.1) is 16.6 Å². The minimum atomic E-state index is -0.638. The van der Waals surface area contributed by atoms with E-state index in [-0.39, 0.29) is 6.61 Å². The van der Waals surface area contributed by atoms with Crippen LogP contribution in [-0.2, 0) is 11.3 Å². The Hall–Kier alpha value is -2.28. The summed E-state index contributed by atoms with van der Waals surface area (Å²) in [5.74, 6) is 7.45. The molecule has 1 unspecified atom stereocenters. The molecule has 3 aromatic rings. The van der Waals surface area contributed by atoms with Crippen molar-refractivity contribution in [3.05, 3.63) is 51.8 Å². The van der Waals surface area contributed by atoms with Gasteiger partial charge in [-0.15, -0.1) is 10.2 Å². The number of nitrogens with zero attached hydrogens (tertiary/aromatic N) is 5. The molecule has 1 atom stereocenters. The van der Waals surface area contributed by atoms with Gasteiger partial charge in [0.2, 0.25) is 0 Å². The van der Waals surface area contributed by atoms with Crippen LogP contribution in [0.2, 0.25) is 10.0 Å². The molecule has 1 aromatic carbocycles. The van der Waals surface area contributed by atoms with Gasteiger partial charge in [-0.05, 0) is 35.8 Å². The van der Waals surface area contributed by atoms with Crippen molar-refractivity contribution in [3.8, 4) is 22.5 Å². The van der Waals surface area contributed by atoms with Crippen molar-refractivity contribution in [2.45, 2.75) is 18.6 Å². The van der Waals surface area contributed by atoms with Gasteiger partial charge in [-0.1, -0.05) is 41.1 Å². The van der Waals surface area contributed by atoms with E-state index in [2.05, 4.69) is 36.3 Å². The number of aromatic nitrogens is 4. The topological polar surface area (TPSA) is 84.3 Å². The van der Waals surface area contributed by atoms with Gasteiger partial charge in [0.15, 0.2) is 16.6 Å². The first kappa shape index (κ1) is 21.0. The van der Waals surface area contributed by atoms with E-state index in [4.69, 9.17) is 33.0 Å². The van der Waals surface area contributed by atoms with Crippen molar-refractivity contribution in [3.63, 3.8) is 0 Å². The zero-order valence-corrected chi connectivity index (χ0v) is 18.3. The highest BCUT2D eigenvalue weighted by Gasteiger charge is 2.37. The van der Waals surface area contributed by atoms with Gasteiger partial charge >= 0.3 is 0 Å². The zero-order valence-electron chi connectivity index (χ0n) is 16.0. The number of benzene rings is 1. The van der Waals surface area contributed by atoms with Crippen LogP contribution in [0.3, 0.4) is 0 Å². The molecule has 0 radical (unpaired) electrons. The smallest absolute Gasteiger partial charge is 0.168 e. The Bertz CT molecular complexity index is 1110. The maximum Gasteiger partial charge on any atom is 0.168 e. The van der Waals surface area contributed by atoms with Gasteiger partial charge in [0.1, 0.15) is 17.9 Å². The quantitative estimate of drug-likeness (QED) is 0.595. The standard InChI is InChI=1S/C20H17Cl2N5O2S/c1-29-20(8-7-13-3-2-4-14(21)18(13)22)9-10-27(12-20)17-6-5-15(24-25-17)19-23-16(11-28)26-30-19/h2-6,28H,9-12H2,1H3. The Morgan fingerprint density at radius 3 is 2.83 bits per heavy atom. The first-order valence-corrected chi connectivity index (χ1v) is 10.6. The molecular formula is C20H17Cl2N5O2S. The lowest BCUT2D eigenvalue weighted by molar-refractivity contribution is 0.0602. The molecule has 0 spiro atoms. The zero-order chi connectivity index (χ0) is 21.1. The second kappa shape index (κ2) is 8.84. The average Bonchev–Trinajstić information content (AvgIpc) is 3.43. The number of anilines is 1. The van der Waals surface area contributed by atoms with Crippen LogP contribution >= 0.6 is 34.7 Å². The maximum absolute atomic E-state index is 9.11. The number of aliphatic hydroxyl groups excluding tert-OH is 1. The number of aliphatic hydroxyl groups is 1. The van der Waals surface area contributed by atoms with Crippen LogP contribution in [0, 0.1) is 11.8 Å². The summed E-state index contributed by atoms with van der Waals surface area (Å²) in [4.78, 5) is 6.29. The molecule has 1 fully saturated rings. The molecule has 30 heavy (non-hydrogen) atoms. The third-order valence-corrected chi connectivity index (χ3v) is 6.40. The largest absolute Gasteiger partial charge is 0.388 e. The Morgan fingerprint density at radius 1 is 1.27 bits per heavy atom. The Morgan fingerprint density at radius 2 is 2.13 bits per heavy atom. The molecular weight excluding hydrogens is 445 g/mol. The monoisotopic (exact) mass is 461 g/mol. The summed E-state index contributed by atoms with van der Waals surface area (Å²) < 4.78 is 9.82. The summed E-state index contributed by atoms with van der Waals surface area (Å²) in [5, 5.41) is 19.2. The molecule has 3 heterocycles. The lowest BCUT2D eigenvalue weighted by atomic mass is 10.0. The van der Waals surface area contributed by atoms with Crippen LogP contribution < -0.4 is 4.90 Å². The van der Waals surface area contributed by atoms with E-state index in [1.54, 1.807) is 13.2 Å². The average molecular weight is 462 g/mol. The fraction of sp³-hybridized carbons (Fsp3) is 0.300. The predicted molar refractivity (Wildman–Crippen MR) is 117 cm³/mol. The Kier molecular flexibility index (Phi) is 6.18. The van der Waals surface area contributed by atoms with E-state index in [0.717, 1.165) is 12.4 Å². The second-order valence-electron chi connectivity index (χ2n) is 6.67. The minimum absolute atomic E-state index is 0.198. The van der Waals surface area contributed by atoms with Gasteiger partial charge < -0.3 is 14.7 Å². The Labute approximate surface area is 187 Å². The first-order valence-electron chi connectivity index (χ1n) is 9.08. The molecule has 1 aliphatic heterocycles. The van der Waals surface area contributed by atoms with E-state index in [0.29, 0.717) is 45.1 Å². The highest BCUT2D eigenvalue weighted by atomic mass is 35.5. The molecule has 1 aliphatic rings. The number of hydrogen-bond donors (Lipinski definition) is 1. The molecule has 10 heteroatoms. The minimum Gasteiger partial charge on any atom is -0.388 e. The fourth-order valence-electron chi connectivity index (χ4n) is 3.11. The second-order valence-corrected chi connectivity index (χ2v) is 8.21. The van der Waals surface area contributed by atoms with Crippen LogP contribution in [0.15, 0.2) is 30.3 Å². The summed E-state index contributed by atoms with van der Waals surface area (Å²) in [6, 6.07) is 9.10. The fourth-order valence-corrected chi connectivity index (χ4v) is 4.10. The van der Waals surface area contributed by atoms with Crippen molar-refractivity contribution >= 4 is 40.6 Å². The summed E-state index contributed by atoms with van der Waals surface area (Å²) in [7, 11) is 1.65. The summed E-state index contributed by atoms with van der Waals surface area (Å²) in [6.45, 7) is 1.08. The van der Waals surface area contributed by atoms with Gasteiger partial charge in [-0.3, -0.25) is 0 Å². The molecule has 0 bridgehead atoms. The molecule has 4 rings (SSSR count). The lowest BCUT2D eigenvalue weighted by Crippen LogP contribution is -2.34. The Balaban J connectivity index is 1.51. The van der Waals surface area contributed by atoms with E-state index in [1.807, 2.05) is 24.3 Å². The van der Waals surface area contributed by atoms with Crippen molar-refractivity contribution in [1.82, 2.24) is 19.6 Å². The SMILES string of the molecule is COC1(C#Cc2cccc(Cl)c2Cl)CCN(c2ccc(-c3nc(CO)ns3)nn2)C1. The maximum atomic E-state index is 9.11. The van der Waals surface area contributed by atoms with E-state index >= 15 is 0 Å². The summed E-state index contributed by atoms with van der Waals surface area (Å²) >= 11 is 13.5. The number of hydrogen-bond acceptors (Lipinski definition) is 8. The third-order valence-electron chi connectivity index (χ3n) is 4.80. The van der Waals surface area contributed by atoms with Gasteiger partial charge in [-0.2, -0.15) is 4.37 Å². The van der Waals surface area contributed by atoms with Crippen molar-refractivity contribution < 1.29 is 9.84 Å². The predicted octanol–water partition coefficient (Wildman–Crippen LogP) is 3.44. The van der Waals surface area contributed by atoms with Crippen LogP contribution in [0.5, 0.6) is 0 Å². The van der Waals surface area contributed by atoms with Crippen LogP contribution in [0.25, 0.3) is 10.7 Å². The van der Waals surface area contributed by atoms with Crippen molar-refractivity contribution in [2.24, 2.45) is 0 Å². The number of halogens is 2. The summed E-state index contributed by atoms with van der Waals surface area (Å²) in [6.07, 6.45) is 0.717. The lowest BCUT2D eigenvalue weighted by Gasteiger charge is -2.22. The molecule has 0 aliphatic carbocycles. The van der Waals surface area contributed by atoms with E-state index < -0.39 is 5.60 Å². The molecule has 1 saturated heterocycles. The van der Waals surface area contributed by atoms with Gasteiger partial charge in [0.25, 0.3) is 0 Å². The summed E-state index contributed by atoms with van der Waals surface area (Å²) in [5.41, 5.74) is 0.646.